The van der Waals surface area contributed by atoms with Crippen LogP contribution in [0.2, 0.25) is 0 Å². The number of ether oxygens (including phenoxy) is 1. The molecule has 6 heteroatoms. The van der Waals surface area contributed by atoms with E-state index in [0.717, 1.165) is 30.8 Å². The van der Waals surface area contributed by atoms with E-state index in [0.29, 0.717) is 16.7 Å². The van der Waals surface area contributed by atoms with E-state index in [1.807, 2.05) is 6.07 Å². The number of piperidine rings is 1. The van der Waals surface area contributed by atoms with Crippen molar-refractivity contribution >= 4 is 9.84 Å². The highest BCUT2D eigenvalue weighted by Gasteiger charge is 2.24. The molecule has 0 aliphatic carbocycles. The van der Waals surface area contributed by atoms with Gasteiger partial charge in [0.1, 0.15) is 5.75 Å². The van der Waals surface area contributed by atoms with Crippen LogP contribution in [0.25, 0.3) is 11.3 Å². The third kappa shape index (κ3) is 3.67. The van der Waals surface area contributed by atoms with Crippen LogP contribution >= 0.6 is 0 Å². The maximum absolute atomic E-state index is 12.3. The van der Waals surface area contributed by atoms with Gasteiger partial charge in [0.15, 0.2) is 9.84 Å². The summed E-state index contributed by atoms with van der Waals surface area (Å²) in [5.41, 5.74) is 2.87. The predicted molar refractivity (Wildman–Crippen MR) is 104 cm³/mol. The highest BCUT2D eigenvalue weighted by atomic mass is 32.2. The summed E-state index contributed by atoms with van der Waals surface area (Å²) >= 11 is 0. The zero-order valence-corrected chi connectivity index (χ0v) is 16.6. The first kappa shape index (κ1) is 19.0. The van der Waals surface area contributed by atoms with Gasteiger partial charge in [-0.3, -0.25) is 4.90 Å². The standard InChI is InChI=1S/C20H28N2O3S/c1-4-22-13-7-6-8-19(22)18-11-10-17(21-18)16-14-15(26(23,24)5-2)9-12-20(16)25-3/h9-12,14,19,21H,4-8,13H2,1-3H3. The minimum atomic E-state index is -3.26. The minimum Gasteiger partial charge on any atom is -0.496 e. The van der Waals surface area contributed by atoms with Crippen LogP contribution in [0, 0.1) is 0 Å². The number of likely N-dealkylation sites (tertiary alicyclic amines) is 1. The molecule has 1 aliphatic rings. The van der Waals surface area contributed by atoms with Crippen LogP contribution in [-0.4, -0.2) is 44.3 Å². The van der Waals surface area contributed by atoms with Crippen molar-refractivity contribution in [3.8, 4) is 17.0 Å². The number of nitrogens with one attached hydrogen (secondary N) is 1. The number of H-pyrrole nitrogens is 1. The Labute approximate surface area is 156 Å². The van der Waals surface area contributed by atoms with E-state index in [1.54, 1.807) is 32.2 Å². The smallest absolute Gasteiger partial charge is 0.178 e. The van der Waals surface area contributed by atoms with E-state index >= 15 is 0 Å². The van der Waals surface area contributed by atoms with Crippen LogP contribution < -0.4 is 4.74 Å². The molecule has 0 saturated carbocycles. The molecule has 0 bridgehead atoms. The summed E-state index contributed by atoms with van der Waals surface area (Å²) in [5, 5.41) is 0. The largest absolute Gasteiger partial charge is 0.496 e. The summed E-state index contributed by atoms with van der Waals surface area (Å²) in [6, 6.07) is 9.61. The Morgan fingerprint density at radius 2 is 2.00 bits per heavy atom. The van der Waals surface area contributed by atoms with Gasteiger partial charge in [-0.05, 0) is 56.3 Å². The first-order chi connectivity index (χ1) is 12.5. The molecular weight excluding hydrogens is 348 g/mol. The van der Waals surface area contributed by atoms with Gasteiger partial charge in [0.25, 0.3) is 0 Å². The van der Waals surface area contributed by atoms with Gasteiger partial charge in [0.2, 0.25) is 0 Å². The van der Waals surface area contributed by atoms with Crippen molar-refractivity contribution in [3.05, 3.63) is 36.0 Å². The van der Waals surface area contributed by atoms with Gasteiger partial charge < -0.3 is 9.72 Å². The number of benzene rings is 1. The molecule has 1 aromatic heterocycles. The van der Waals surface area contributed by atoms with Crippen LogP contribution in [0.3, 0.4) is 0 Å². The Morgan fingerprint density at radius 3 is 2.69 bits per heavy atom. The van der Waals surface area contributed by atoms with Crippen molar-refractivity contribution in [2.75, 3.05) is 26.0 Å². The Hall–Kier alpha value is -1.79. The van der Waals surface area contributed by atoms with E-state index in [-0.39, 0.29) is 5.75 Å². The summed E-state index contributed by atoms with van der Waals surface area (Å²) in [5.74, 6) is 0.756. The molecule has 0 radical (unpaired) electrons. The van der Waals surface area contributed by atoms with Gasteiger partial charge in [-0.25, -0.2) is 8.42 Å². The summed E-state index contributed by atoms with van der Waals surface area (Å²) in [4.78, 5) is 6.35. The molecule has 1 aliphatic heterocycles. The number of rotatable bonds is 6. The lowest BCUT2D eigenvalue weighted by Crippen LogP contribution is -2.33. The highest BCUT2D eigenvalue weighted by Crippen LogP contribution is 2.35. The molecule has 26 heavy (non-hydrogen) atoms. The molecular formula is C20H28N2O3S. The first-order valence-electron chi connectivity index (χ1n) is 9.34. The maximum atomic E-state index is 12.3. The lowest BCUT2D eigenvalue weighted by Gasteiger charge is -2.34. The number of hydrogen-bond donors (Lipinski definition) is 1. The van der Waals surface area contributed by atoms with Gasteiger partial charge in [-0.1, -0.05) is 20.3 Å². The van der Waals surface area contributed by atoms with Gasteiger partial charge in [-0.2, -0.15) is 0 Å². The lowest BCUT2D eigenvalue weighted by molar-refractivity contribution is 0.154. The number of methoxy groups -OCH3 is 1. The van der Waals surface area contributed by atoms with E-state index in [9.17, 15) is 8.42 Å². The van der Waals surface area contributed by atoms with Crippen molar-refractivity contribution in [2.45, 2.75) is 44.0 Å². The molecule has 1 unspecified atom stereocenters. The zero-order chi connectivity index (χ0) is 18.7. The monoisotopic (exact) mass is 376 g/mol. The van der Waals surface area contributed by atoms with E-state index in [1.165, 1.54) is 18.5 Å². The van der Waals surface area contributed by atoms with Crippen molar-refractivity contribution in [1.82, 2.24) is 9.88 Å². The molecule has 2 aromatic rings. The van der Waals surface area contributed by atoms with Crippen LogP contribution in [0.4, 0.5) is 0 Å². The summed E-state index contributed by atoms with van der Waals surface area (Å²) in [7, 11) is -1.65. The molecule has 0 spiro atoms. The van der Waals surface area contributed by atoms with Crippen LogP contribution in [0.5, 0.6) is 5.75 Å². The topological polar surface area (TPSA) is 62.4 Å². The number of sulfone groups is 1. The number of aromatic amines is 1. The molecule has 142 valence electrons. The number of hydrogen-bond acceptors (Lipinski definition) is 4. The minimum absolute atomic E-state index is 0.0856. The third-order valence-electron chi connectivity index (χ3n) is 5.29. The lowest BCUT2D eigenvalue weighted by atomic mass is 10.00. The Bertz CT molecular complexity index is 858. The van der Waals surface area contributed by atoms with Gasteiger partial charge in [0.05, 0.1) is 17.8 Å². The quantitative estimate of drug-likeness (QED) is 0.827. The van der Waals surface area contributed by atoms with Crippen LogP contribution in [-0.2, 0) is 9.84 Å². The Kier molecular flexibility index (Phi) is 5.73. The molecule has 0 amide bonds. The molecule has 5 nitrogen and oxygen atoms in total. The Morgan fingerprint density at radius 1 is 1.19 bits per heavy atom. The summed E-state index contributed by atoms with van der Waals surface area (Å²) in [6.45, 7) is 6.02. The first-order valence-corrected chi connectivity index (χ1v) is 11.0. The second-order valence-electron chi connectivity index (χ2n) is 6.73. The molecule has 1 aromatic carbocycles. The van der Waals surface area contributed by atoms with Crippen molar-refractivity contribution in [3.63, 3.8) is 0 Å². The molecule has 1 atom stereocenters. The third-order valence-corrected chi connectivity index (χ3v) is 7.02. The van der Waals surface area contributed by atoms with Crippen LogP contribution in [0.1, 0.15) is 44.8 Å². The molecule has 2 heterocycles. The fourth-order valence-electron chi connectivity index (χ4n) is 3.74. The van der Waals surface area contributed by atoms with Gasteiger partial charge in [-0.15, -0.1) is 0 Å². The molecule has 3 rings (SSSR count). The van der Waals surface area contributed by atoms with Gasteiger partial charge >= 0.3 is 0 Å². The van der Waals surface area contributed by atoms with Crippen molar-refractivity contribution < 1.29 is 13.2 Å². The zero-order valence-electron chi connectivity index (χ0n) is 15.8. The van der Waals surface area contributed by atoms with Crippen molar-refractivity contribution in [1.29, 1.82) is 0 Å². The normalized spacial score (nSPS) is 18.8. The average molecular weight is 377 g/mol. The van der Waals surface area contributed by atoms with Gasteiger partial charge in [0, 0.05) is 23.0 Å². The highest BCUT2D eigenvalue weighted by molar-refractivity contribution is 7.91. The second kappa shape index (κ2) is 7.84. The number of nitrogens with zero attached hydrogens (tertiary/aromatic N) is 1. The predicted octanol–water partition coefficient (Wildman–Crippen LogP) is 4.03. The summed E-state index contributed by atoms with van der Waals surface area (Å²) in [6.07, 6.45) is 3.64. The molecule has 1 N–H and O–H groups in total. The summed E-state index contributed by atoms with van der Waals surface area (Å²) < 4.78 is 30.0. The SMILES string of the molecule is CCN1CCCCC1c1ccc(-c2cc(S(=O)(=O)CC)ccc2OC)[nH]1. The van der Waals surface area contributed by atoms with E-state index in [4.69, 9.17) is 4.74 Å². The van der Waals surface area contributed by atoms with Crippen molar-refractivity contribution in [2.24, 2.45) is 0 Å². The van der Waals surface area contributed by atoms with Crippen LogP contribution in [0.15, 0.2) is 35.2 Å². The molecule has 1 saturated heterocycles. The average Bonchev–Trinajstić information content (AvgIpc) is 3.17. The maximum Gasteiger partial charge on any atom is 0.178 e. The Balaban J connectivity index is 1.99. The fraction of sp³-hybridized carbons (Fsp3) is 0.500. The second-order valence-corrected chi connectivity index (χ2v) is 9.01. The van der Waals surface area contributed by atoms with E-state index < -0.39 is 9.84 Å². The fourth-order valence-corrected chi connectivity index (χ4v) is 4.65. The van der Waals surface area contributed by atoms with E-state index in [2.05, 4.69) is 22.9 Å². The number of aromatic nitrogens is 1. The molecule has 1 fully saturated rings.